The summed E-state index contributed by atoms with van der Waals surface area (Å²) in [5.74, 6) is 2.24. The molecule has 2 saturated carbocycles. The van der Waals surface area contributed by atoms with Gasteiger partial charge in [-0.3, -0.25) is 9.48 Å². The first-order chi connectivity index (χ1) is 21.4. The molecule has 0 radical (unpaired) electrons. The number of nitrogens with zero attached hydrogens (tertiary/aromatic N) is 3. The van der Waals surface area contributed by atoms with Gasteiger partial charge in [-0.1, -0.05) is 24.3 Å². The Morgan fingerprint density at radius 1 is 1.02 bits per heavy atom. The minimum Gasteiger partial charge on any atom is -0.496 e. The number of carbonyl (C=O) groups is 1. The second-order valence-electron chi connectivity index (χ2n) is 13.2. The number of aliphatic hydroxyl groups excluding tert-OH is 1. The van der Waals surface area contributed by atoms with Gasteiger partial charge in [0.05, 0.1) is 19.4 Å². The molecule has 238 valence electrons. The molecule has 2 fully saturated rings. The zero-order valence-electron chi connectivity index (χ0n) is 27.1. The maximum atomic E-state index is 14.3. The summed E-state index contributed by atoms with van der Waals surface area (Å²) in [4.78, 5) is 16.4. The largest absolute Gasteiger partial charge is 0.496 e. The van der Waals surface area contributed by atoms with Gasteiger partial charge in [0.2, 0.25) is 5.91 Å². The van der Waals surface area contributed by atoms with Crippen LogP contribution in [0.2, 0.25) is 0 Å². The third-order valence-electron chi connectivity index (χ3n) is 9.75. The number of aryl methyl sites for hydroxylation is 1. The molecule has 2 aromatic carbocycles. The number of ether oxygens (including phenoxy) is 2. The van der Waals surface area contributed by atoms with Crippen molar-refractivity contribution in [2.24, 2.45) is 11.8 Å². The molecule has 0 bridgehead atoms. The van der Waals surface area contributed by atoms with Gasteiger partial charge in [0, 0.05) is 49.2 Å². The zero-order chi connectivity index (χ0) is 31.1. The molecule has 0 spiro atoms. The number of aromatic nitrogens is 2. The number of methoxy groups -OCH3 is 1. The summed E-state index contributed by atoms with van der Waals surface area (Å²) < 4.78 is 13.4. The van der Waals surface area contributed by atoms with Crippen LogP contribution in [0.5, 0.6) is 5.75 Å². The molecule has 0 saturated heterocycles. The fraction of sp³-hybridized carbons (Fsp3) is 0.568. The number of carbonyl (C=O) groups excluding carboxylic acids is 1. The molecule has 2 aliphatic rings. The van der Waals surface area contributed by atoms with Gasteiger partial charge < -0.3 is 19.5 Å². The van der Waals surface area contributed by atoms with Gasteiger partial charge in [0.25, 0.3) is 0 Å². The van der Waals surface area contributed by atoms with Crippen LogP contribution in [0.25, 0.3) is 11.1 Å². The van der Waals surface area contributed by atoms with Gasteiger partial charge >= 0.3 is 0 Å². The first kappa shape index (κ1) is 32.2. The van der Waals surface area contributed by atoms with Gasteiger partial charge in [-0.15, -0.1) is 0 Å². The first-order valence-corrected chi connectivity index (χ1v) is 16.7. The van der Waals surface area contributed by atoms with Crippen LogP contribution in [-0.4, -0.2) is 53.8 Å². The van der Waals surface area contributed by atoms with Crippen LogP contribution in [0.4, 0.5) is 5.69 Å². The molecular formula is C37H51N3O4. The fourth-order valence-corrected chi connectivity index (χ4v) is 7.05. The Balaban J connectivity index is 1.30. The van der Waals surface area contributed by atoms with Crippen LogP contribution >= 0.6 is 0 Å². The van der Waals surface area contributed by atoms with Crippen molar-refractivity contribution >= 4 is 11.6 Å². The van der Waals surface area contributed by atoms with E-state index in [1.807, 2.05) is 10.9 Å². The lowest BCUT2D eigenvalue weighted by molar-refractivity contribution is -0.124. The quantitative estimate of drug-likeness (QED) is 0.215. The number of hydrogen-bond acceptors (Lipinski definition) is 5. The fourth-order valence-electron chi connectivity index (χ4n) is 7.05. The smallest absolute Gasteiger partial charge is 0.230 e. The molecule has 44 heavy (non-hydrogen) atoms. The van der Waals surface area contributed by atoms with E-state index in [1.54, 1.807) is 7.11 Å². The topological polar surface area (TPSA) is 76.8 Å². The highest BCUT2D eigenvalue weighted by Crippen LogP contribution is 2.39. The lowest BCUT2D eigenvalue weighted by Crippen LogP contribution is -2.42. The predicted molar refractivity (Wildman–Crippen MR) is 176 cm³/mol. The molecule has 1 amide bonds. The van der Waals surface area contributed by atoms with Crippen LogP contribution in [-0.2, 0) is 9.53 Å². The number of rotatable bonds is 12. The van der Waals surface area contributed by atoms with Crippen LogP contribution in [0, 0.1) is 18.8 Å². The van der Waals surface area contributed by atoms with Gasteiger partial charge in [-0.05, 0) is 125 Å². The molecule has 1 aromatic heterocycles. The lowest BCUT2D eigenvalue weighted by atomic mass is 9.78. The van der Waals surface area contributed by atoms with Crippen molar-refractivity contribution in [2.45, 2.75) is 96.6 Å². The molecule has 0 aliphatic heterocycles. The van der Waals surface area contributed by atoms with E-state index in [-0.39, 0.29) is 24.5 Å². The second-order valence-corrected chi connectivity index (χ2v) is 13.2. The monoisotopic (exact) mass is 601 g/mol. The summed E-state index contributed by atoms with van der Waals surface area (Å²) in [5, 5.41) is 13.6. The molecular weight excluding hydrogens is 550 g/mol. The molecule has 2 aliphatic carbocycles. The van der Waals surface area contributed by atoms with E-state index < -0.39 is 0 Å². The molecule has 1 heterocycles. The normalized spacial score (nSPS) is 22.2. The molecule has 5 rings (SSSR count). The molecule has 0 unspecified atom stereocenters. The van der Waals surface area contributed by atoms with Crippen molar-refractivity contribution in [3.05, 3.63) is 66.0 Å². The number of aliphatic hydroxyl groups is 1. The summed E-state index contributed by atoms with van der Waals surface area (Å²) in [6.45, 7) is 7.88. The third-order valence-corrected chi connectivity index (χ3v) is 9.75. The highest BCUT2D eigenvalue weighted by molar-refractivity contribution is 5.95. The van der Waals surface area contributed by atoms with Crippen molar-refractivity contribution in [2.75, 3.05) is 31.8 Å². The third kappa shape index (κ3) is 7.91. The van der Waals surface area contributed by atoms with Crippen molar-refractivity contribution in [1.29, 1.82) is 0 Å². The summed E-state index contributed by atoms with van der Waals surface area (Å²) >= 11 is 0. The second kappa shape index (κ2) is 15.2. The van der Waals surface area contributed by atoms with Gasteiger partial charge in [0.15, 0.2) is 0 Å². The Labute approximate surface area is 263 Å². The van der Waals surface area contributed by atoms with Crippen LogP contribution < -0.4 is 9.64 Å². The van der Waals surface area contributed by atoms with E-state index in [4.69, 9.17) is 14.6 Å². The van der Waals surface area contributed by atoms with Crippen molar-refractivity contribution in [3.8, 4) is 16.9 Å². The van der Waals surface area contributed by atoms with Gasteiger partial charge in [0.1, 0.15) is 5.75 Å². The van der Waals surface area contributed by atoms with E-state index in [9.17, 15) is 4.79 Å². The molecule has 7 heteroatoms. The Hall–Kier alpha value is -3.16. The first-order valence-electron chi connectivity index (χ1n) is 16.7. The number of anilines is 1. The van der Waals surface area contributed by atoms with Crippen LogP contribution in [0.15, 0.2) is 54.9 Å². The highest BCUT2D eigenvalue weighted by atomic mass is 16.5. The lowest BCUT2D eigenvalue weighted by Gasteiger charge is -2.36. The van der Waals surface area contributed by atoms with E-state index in [1.165, 1.54) is 11.1 Å². The van der Waals surface area contributed by atoms with E-state index in [0.717, 1.165) is 80.5 Å². The Bertz CT molecular complexity index is 1350. The van der Waals surface area contributed by atoms with Gasteiger partial charge in [-0.2, -0.15) is 5.10 Å². The summed E-state index contributed by atoms with van der Waals surface area (Å²) in [5.41, 5.74) is 5.74. The molecule has 3 aromatic rings. The number of amides is 1. The van der Waals surface area contributed by atoms with Crippen molar-refractivity contribution in [1.82, 2.24) is 9.78 Å². The Kier molecular flexibility index (Phi) is 11.2. The highest BCUT2D eigenvalue weighted by Gasteiger charge is 2.33. The predicted octanol–water partition coefficient (Wildman–Crippen LogP) is 7.71. The summed E-state index contributed by atoms with van der Waals surface area (Å²) in [6, 6.07) is 15.4. The van der Waals surface area contributed by atoms with Crippen molar-refractivity contribution in [3.63, 3.8) is 0 Å². The molecule has 7 nitrogen and oxygen atoms in total. The Morgan fingerprint density at radius 2 is 1.80 bits per heavy atom. The average Bonchev–Trinajstić information content (AvgIpc) is 3.55. The maximum Gasteiger partial charge on any atom is 0.230 e. The Morgan fingerprint density at radius 3 is 2.45 bits per heavy atom. The molecule has 0 atom stereocenters. The van der Waals surface area contributed by atoms with Gasteiger partial charge in [-0.25, -0.2) is 0 Å². The maximum absolute atomic E-state index is 14.3. The number of hydrogen-bond donors (Lipinski definition) is 1. The van der Waals surface area contributed by atoms with E-state index >= 15 is 0 Å². The zero-order valence-corrected chi connectivity index (χ0v) is 27.1. The standard InChI is InChI=1S/C37H51N3O4/c1-26(2)40-25-33(23-38-40)31-7-5-8-34(22-31)39(37(42)30-13-16-35(17-14-30)44-20-6-19-41)24-28-9-11-29(12-10-28)32-15-18-36(43-4)27(3)21-32/h5,7-8,15,18,21-23,25-26,28-30,35,41H,6,9-14,16-17,19-20,24H2,1-4H3/t28-,29-,30-,35-. The van der Waals surface area contributed by atoms with E-state index in [2.05, 4.69) is 79.4 Å². The summed E-state index contributed by atoms with van der Waals surface area (Å²) in [6.07, 6.45) is 12.9. The minimum absolute atomic E-state index is 0.0126. The average molecular weight is 602 g/mol. The molecule has 1 N–H and O–H groups in total. The van der Waals surface area contributed by atoms with E-state index in [0.29, 0.717) is 30.9 Å². The van der Waals surface area contributed by atoms with Crippen LogP contribution in [0.1, 0.15) is 94.7 Å². The van der Waals surface area contributed by atoms with Crippen molar-refractivity contribution < 1.29 is 19.4 Å². The summed E-state index contributed by atoms with van der Waals surface area (Å²) in [7, 11) is 1.73. The SMILES string of the molecule is COc1ccc([C@H]2CC[C@H](CN(c3cccc(-c4cnn(C(C)C)c4)c3)C(=O)[C@H]3CC[C@H](OCCCO)CC3)CC2)cc1C. The minimum atomic E-state index is 0.0126. The van der Waals surface area contributed by atoms with Crippen LogP contribution in [0.3, 0.4) is 0 Å². The number of benzene rings is 2.